The van der Waals surface area contributed by atoms with E-state index in [1.807, 2.05) is 60.7 Å². The molecule has 1 aliphatic heterocycles. The first-order valence-electron chi connectivity index (χ1n) is 19.4. The maximum atomic E-state index is 5.03. The van der Waals surface area contributed by atoms with Gasteiger partial charge in [-0.25, -0.2) is 15.0 Å². The van der Waals surface area contributed by atoms with E-state index in [0.717, 1.165) is 35.2 Å². The van der Waals surface area contributed by atoms with E-state index in [4.69, 9.17) is 15.0 Å². The Hall–Kier alpha value is -7.11. The summed E-state index contributed by atoms with van der Waals surface area (Å²) < 4.78 is 2.39. The summed E-state index contributed by atoms with van der Waals surface area (Å²) in [6.45, 7) is 0. The van der Waals surface area contributed by atoms with Crippen molar-refractivity contribution in [1.82, 2.24) is 19.5 Å². The Labute approximate surface area is 325 Å². The second kappa shape index (κ2) is 13.3. The molecular weight excluding hydrogens is 683 g/mol. The van der Waals surface area contributed by atoms with Crippen LogP contribution in [0.5, 0.6) is 0 Å². The van der Waals surface area contributed by atoms with Crippen LogP contribution in [0.2, 0.25) is 0 Å². The van der Waals surface area contributed by atoms with Crippen molar-refractivity contribution in [2.75, 3.05) is 4.90 Å². The van der Waals surface area contributed by atoms with Crippen molar-refractivity contribution in [1.29, 1.82) is 0 Å². The minimum Gasteiger partial charge on any atom is -0.314 e. The number of para-hydroxylation sites is 3. The Morgan fingerprint density at radius 1 is 0.464 bits per heavy atom. The van der Waals surface area contributed by atoms with Crippen LogP contribution in [0.4, 0.5) is 11.4 Å². The quantitative estimate of drug-likeness (QED) is 0.172. The Morgan fingerprint density at radius 3 is 1.80 bits per heavy atom. The van der Waals surface area contributed by atoms with Gasteiger partial charge in [0, 0.05) is 56.1 Å². The molecule has 2 aliphatic rings. The van der Waals surface area contributed by atoms with E-state index in [-0.39, 0.29) is 0 Å². The molecular formula is C51H37N5. The highest BCUT2D eigenvalue weighted by Crippen LogP contribution is 2.54. The molecule has 3 heterocycles. The number of anilines is 2. The van der Waals surface area contributed by atoms with Gasteiger partial charge in [0.25, 0.3) is 0 Å². The minimum atomic E-state index is 0.366. The molecule has 56 heavy (non-hydrogen) atoms. The molecule has 11 rings (SSSR count). The van der Waals surface area contributed by atoms with Crippen LogP contribution in [-0.2, 0) is 0 Å². The van der Waals surface area contributed by atoms with E-state index in [1.165, 1.54) is 50.0 Å². The van der Waals surface area contributed by atoms with Crippen molar-refractivity contribution in [2.45, 2.75) is 24.7 Å². The summed E-state index contributed by atoms with van der Waals surface area (Å²) in [6.07, 6.45) is 4.59. The monoisotopic (exact) mass is 719 g/mol. The fourth-order valence-electron chi connectivity index (χ4n) is 8.95. The fraction of sp³-hybridized carbons (Fsp3) is 0.0784. The number of nitrogens with zero attached hydrogens (tertiary/aromatic N) is 5. The number of benzene rings is 7. The molecule has 266 valence electrons. The van der Waals surface area contributed by atoms with E-state index in [9.17, 15) is 0 Å². The second-order valence-electron chi connectivity index (χ2n) is 14.8. The normalized spacial score (nSPS) is 16.1. The molecule has 5 nitrogen and oxygen atoms in total. The average Bonchev–Trinajstić information content (AvgIpc) is 3.79. The predicted octanol–water partition coefficient (Wildman–Crippen LogP) is 12.7. The summed E-state index contributed by atoms with van der Waals surface area (Å²) in [7, 11) is 0. The minimum absolute atomic E-state index is 0.366. The molecule has 0 spiro atoms. The van der Waals surface area contributed by atoms with Crippen LogP contribution < -0.4 is 4.90 Å². The maximum absolute atomic E-state index is 5.03. The predicted molar refractivity (Wildman–Crippen MR) is 228 cm³/mol. The van der Waals surface area contributed by atoms with Crippen LogP contribution in [0, 0.1) is 0 Å². The Kier molecular flexibility index (Phi) is 7.69. The maximum Gasteiger partial charge on any atom is 0.164 e. The third-order valence-corrected chi connectivity index (χ3v) is 11.5. The first-order valence-corrected chi connectivity index (χ1v) is 19.4. The van der Waals surface area contributed by atoms with Gasteiger partial charge in [-0.3, -0.25) is 0 Å². The van der Waals surface area contributed by atoms with E-state index >= 15 is 0 Å². The number of hydrogen-bond acceptors (Lipinski definition) is 4. The van der Waals surface area contributed by atoms with Crippen LogP contribution in [0.25, 0.3) is 61.7 Å². The molecule has 5 heteroatoms. The van der Waals surface area contributed by atoms with Gasteiger partial charge in [0.15, 0.2) is 17.5 Å². The molecule has 2 aromatic heterocycles. The summed E-state index contributed by atoms with van der Waals surface area (Å²) in [5.41, 5.74) is 13.1. The van der Waals surface area contributed by atoms with E-state index in [0.29, 0.717) is 29.3 Å². The molecule has 0 radical (unpaired) electrons. The van der Waals surface area contributed by atoms with Gasteiger partial charge >= 0.3 is 0 Å². The standard InChI is InChI=1S/C51H37N5/c1-4-15-34(16-5-1)49-52-50(35-17-6-2-7-18-35)54-51(53-49)38-19-14-22-40(31-38)56-46-26-13-11-24-42(46)44-33-37(28-30-48(44)56)36-27-29-47-43(32-36)41-23-10-12-25-45(41)55(47)39-20-8-3-9-21-39/h1-26,28-31,33,36,43H,27,32H2. The number of allylic oxidation sites excluding steroid dienone is 2. The molecule has 9 aromatic rings. The lowest BCUT2D eigenvalue weighted by Gasteiger charge is -2.30. The van der Waals surface area contributed by atoms with Crippen molar-refractivity contribution >= 4 is 33.2 Å². The molecule has 2 unspecified atom stereocenters. The van der Waals surface area contributed by atoms with E-state index < -0.39 is 0 Å². The van der Waals surface area contributed by atoms with Crippen molar-refractivity contribution < 1.29 is 0 Å². The number of fused-ring (bicyclic) bond motifs is 6. The lowest BCUT2D eigenvalue weighted by molar-refractivity contribution is 0.553. The number of rotatable bonds is 6. The SMILES string of the molecule is C1=C2C(CC(c3ccc4c(c3)c3ccccc3n4-c3cccc(-c4nc(-c5ccccc5)nc(-c5ccccc5)n4)c3)C1)c1ccccc1N2c1ccccc1. The van der Waals surface area contributed by atoms with Gasteiger partial charge in [0.1, 0.15) is 0 Å². The van der Waals surface area contributed by atoms with Crippen LogP contribution in [0.1, 0.15) is 35.8 Å². The van der Waals surface area contributed by atoms with Crippen LogP contribution >= 0.6 is 0 Å². The Bertz CT molecular complexity index is 2870. The van der Waals surface area contributed by atoms with Gasteiger partial charge in [-0.1, -0.05) is 140 Å². The molecule has 0 N–H and O–H groups in total. The summed E-state index contributed by atoms with van der Waals surface area (Å²) in [6, 6.07) is 64.6. The van der Waals surface area contributed by atoms with Crippen LogP contribution in [-0.4, -0.2) is 19.5 Å². The molecule has 7 aromatic carbocycles. The van der Waals surface area contributed by atoms with Gasteiger partial charge < -0.3 is 9.47 Å². The van der Waals surface area contributed by atoms with Crippen molar-refractivity contribution in [3.8, 4) is 39.9 Å². The molecule has 2 atom stereocenters. The van der Waals surface area contributed by atoms with Crippen molar-refractivity contribution in [3.63, 3.8) is 0 Å². The van der Waals surface area contributed by atoms with Crippen LogP contribution in [0.15, 0.2) is 194 Å². The first kappa shape index (κ1) is 32.3. The highest BCUT2D eigenvalue weighted by atomic mass is 15.2. The highest BCUT2D eigenvalue weighted by molar-refractivity contribution is 6.09. The van der Waals surface area contributed by atoms with Crippen LogP contribution in [0.3, 0.4) is 0 Å². The second-order valence-corrected chi connectivity index (χ2v) is 14.8. The molecule has 0 saturated heterocycles. The largest absolute Gasteiger partial charge is 0.314 e. The summed E-state index contributed by atoms with van der Waals surface area (Å²) >= 11 is 0. The first-order chi connectivity index (χ1) is 27.8. The lowest BCUT2D eigenvalue weighted by Crippen LogP contribution is -2.18. The average molecular weight is 720 g/mol. The van der Waals surface area contributed by atoms with Gasteiger partial charge in [-0.05, 0) is 78.4 Å². The smallest absolute Gasteiger partial charge is 0.164 e. The molecule has 0 saturated carbocycles. The molecule has 0 amide bonds. The van der Waals surface area contributed by atoms with Gasteiger partial charge in [0.2, 0.25) is 0 Å². The van der Waals surface area contributed by atoms with Gasteiger partial charge in [0.05, 0.1) is 11.0 Å². The topological polar surface area (TPSA) is 46.8 Å². The zero-order chi connectivity index (χ0) is 37.0. The zero-order valence-corrected chi connectivity index (χ0v) is 30.7. The molecule has 0 bridgehead atoms. The van der Waals surface area contributed by atoms with Crippen molar-refractivity contribution in [3.05, 3.63) is 205 Å². The number of aromatic nitrogens is 4. The fourth-order valence-corrected chi connectivity index (χ4v) is 8.95. The van der Waals surface area contributed by atoms with Crippen molar-refractivity contribution in [2.24, 2.45) is 0 Å². The van der Waals surface area contributed by atoms with Gasteiger partial charge in [-0.2, -0.15) is 0 Å². The highest BCUT2D eigenvalue weighted by Gasteiger charge is 2.38. The lowest BCUT2D eigenvalue weighted by atomic mass is 9.78. The van der Waals surface area contributed by atoms with Gasteiger partial charge in [-0.15, -0.1) is 0 Å². The summed E-state index contributed by atoms with van der Waals surface area (Å²) in [4.78, 5) is 17.4. The molecule has 1 aliphatic carbocycles. The van der Waals surface area contributed by atoms with E-state index in [2.05, 4.69) is 137 Å². The number of hydrogen-bond donors (Lipinski definition) is 0. The van der Waals surface area contributed by atoms with E-state index in [1.54, 1.807) is 0 Å². The zero-order valence-electron chi connectivity index (χ0n) is 30.7. The summed E-state index contributed by atoms with van der Waals surface area (Å²) in [5.74, 6) is 2.74. The Morgan fingerprint density at radius 2 is 1.05 bits per heavy atom. The third-order valence-electron chi connectivity index (χ3n) is 11.5. The summed E-state index contributed by atoms with van der Waals surface area (Å²) in [5, 5.41) is 2.52. The molecule has 0 fully saturated rings. The Balaban J connectivity index is 0.990. The third kappa shape index (κ3) is 5.43.